The molecule has 26 heavy (non-hydrogen) atoms. The Balaban J connectivity index is 1.70. The lowest BCUT2D eigenvalue weighted by Crippen LogP contribution is -2.26. The zero-order chi connectivity index (χ0) is 18.4. The number of nitrogens with one attached hydrogen (secondary N) is 1. The van der Waals surface area contributed by atoms with E-state index >= 15 is 0 Å². The Hall–Kier alpha value is -2.18. The number of carbonyl (C=O) groups is 1. The molecule has 0 saturated carbocycles. The van der Waals surface area contributed by atoms with Gasteiger partial charge in [0.1, 0.15) is 5.75 Å². The van der Waals surface area contributed by atoms with Gasteiger partial charge in [-0.1, -0.05) is 45.9 Å². The van der Waals surface area contributed by atoms with Crippen molar-refractivity contribution in [1.82, 2.24) is 10.3 Å². The summed E-state index contributed by atoms with van der Waals surface area (Å²) < 4.78 is 5.16. The number of methoxy groups -OCH3 is 1. The quantitative estimate of drug-likeness (QED) is 0.604. The van der Waals surface area contributed by atoms with Crippen LogP contribution in [0.25, 0.3) is 10.9 Å². The number of hydrogen-bond donors (Lipinski definition) is 1. The van der Waals surface area contributed by atoms with Gasteiger partial charge in [0.05, 0.1) is 18.2 Å². The third-order valence-electron chi connectivity index (χ3n) is 4.01. The number of amides is 1. The minimum absolute atomic E-state index is 0.0720. The number of pyridine rings is 1. The van der Waals surface area contributed by atoms with Gasteiger partial charge in [-0.15, -0.1) is 0 Å². The van der Waals surface area contributed by atoms with Gasteiger partial charge < -0.3 is 10.1 Å². The molecule has 1 N–H and O–H groups in total. The van der Waals surface area contributed by atoms with Gasteiger partial charge in [-0.2, -0.15) is 0 Å². The van der Waals surface area contributed by atoms with Crippen molar-refractivity contribution in [2.45, 2.75) is 11.3 Å². The van der Waals surface area contributed by atoms with Crippen LogP contribution in [0.3, 0.4) is 0 Å². The fourth-order valence-electron chi connectivity index (χ4n) is 2.71. The van der Waals surface area contributed by atoms with E-state index in [4.69, 9.17) is 4.74 Å². The first-order valence-corrected chi connectivity index (χ1v) is 10.8. The molecule has 3 rings (SSSR count). The molecular formula is C20H20N2O2S2. The molecule has 0 radical (unpaired) electrons. The average molecular weight is 385 g/mol. The third-order valence-corrected chi connectivity index (χ3v) is 5.72. The summed E-state index contributed by atoms with van der Waals surface area (Å²) >= 11 is 0. The van der Waals surface area contributed by atoms with Gasteiger partial charge in [-0.3, -0.25) is 9.78 Å². The number of carbonyl (C=O) groups excluding carboxylic acids is 1. The summed E-state index contributed by atoms with van der Waals surface area (Å²) in [6.07, 6.45) is 4.50. The van der Waals surface area contributed by atoms with Crippen molar-refractivity contribution in [3.63, 3.8) is 0 Å². The summed E-state index contributed by atoms with van der Waals surface area (Å²) in [5.74, 6) is 0.761. The Labute approximate surface area is 161 Å². The molecule has 0 aliphatic rings. The van der Waals surface area contributed by atoms with E-state index in [2.05, 4.69) is 10.3 Å². The van der Waals surface area contributed by atoms with E-state index in [0.717, 1.165) is 33.5 Å². The Morgan fingerprint density at radius 3 is 2.69 bits per heavy atom. The molecule has 0 spiro atoms. The van der Waals surface area contributed by atoms with E-state index < -0.39 is 0 Å². The summed E-state index contributed by atoms with van der Waals surface area (Å²) in [7, 11) is 4.97. The van der Waals surface area contributed by atoms with Gasteiger partial charge in [0.2, 0.25) is 0 Å². The van der Waals surface area contributed by atoms with E-state index in [1.54, 1.807) is 41.0 Å². The smallest absolute Gasteiger partial charge is 0.252 e. The summed E-state index contributed by atoms with van der Waals surface area (Å²) in [6.45, 7) is 0.578. The van der Waals surface area contributed by atoms with E-state index in [1.807, 2.05) is 48.7 Å². The summed E-state index contributed by atoms with van der Waals surface area (Å²) in [5.41, 5.74) is 2.69. The highest BCUT2D eigenvalue weighted by molar-refractivity contribution is 8.76. The zero-order valence-corrected chi connectivity index (χ0v) is 16.3. The first-order valence-electron chi connectivity index (χ1n) is 8.22. The second-order valence-corrected chi connectivity index (χ2v) is 8.05. The molecule has 6 heteroatoms. The van der Waals surface area contributed by atoms with Crippen LogP contribution in [-0.2, 0) is 6.42 Å². The second kappa shape index (κ2) is 8.96. The van der Waals surface area contributed by atoms with Crippen LogP contribution < -0.4 is 10.1 Å². The maximum atomic E-state index is 12.6. The molecule has 0 unspecified atom stereocenters. The van der Waals surface area contributed by atoms with E-state index in [1.165, 1.54) is 0 Å². The van der Waals surface area contributed by atoms with Crippen LogP contribution >= 0.6 is 21.6 Å². The first kappa shape index (κ1) is 18.6. The SMILES string of the molecule is COc1ccc(CCNC(=O)c2ccnc3c(SSC)cccc23)cc1. The van der Waals surface area contributed by atoms with Crippen molar-refractivity contribution in [1.29, 1.82) is 0 Å². The first-order chi connectivity index (χ1) is 12.7. The number of para-hydroxylation sites is 1. The van der Waals surface area contributed by atoms with Crippen molar-refractivity contribution in [2.24, 2.45) is 0 Å². The molecule has 1 heterocycles. The van der Waals surface area contributed by atoms with Gasteiger partial charge in [0, 0.05) is 23.0 Å². The molecule has 3 aromatic rings. The van der Waals surface area contributed by atoms with Gasteiger partial charge in [0.25, 0.3) is 5.91 Å². The van der Waals surface area contributed by atoms with Crippen molar-refractivity contribution in [3.05, 3.63) is 65.9 Å². The lowest BCUT2D eigenvalue weighted by atomic mass is 10.1. The number of aromatic nitrogens is 1. The van der Waals surface area contributed by atoms with E-state index in [-0.39, 0.29) is 5.91 Å². The van der Waals surface area contributed by atoms with Crippen LogP contribution in [0.4, 0.5) is 0 Å². The van der Waals surface area contributed by atoms with Gasteiger partial charge in [-0.25, -0.2) is 0 Å². The van der Waals surface area contributed by atoms with Crippen LogP contribution in [0.1, 0.15) is 15.9 Å². The number of rotatable bonds is 7. The van der Waals surface area contributed by atoms with Crippen molar-refractivity contribution in [2.75, 3.05) is 19.9 Å². The Morgan fingerprint density at radius 1 is 1.15 bits per heavy atom. The molecule has 0 fully saturated rings. The molecular weight excluding hydrogens is 364 g/mol. The predicted octanol–water partition coefficient (Wildman–Crippen LogP) is 4.59. The van der Waals surface area contributed by atoms with Crippen molar-refractivity contribution >= 4 is 38.4 Å². The number of hydrogen-bond acceptors (Lipinski definition) is 5. The summed E-state index contributed by atoms with van der Waals surface area (Å²) in [6, 6.07) is 15.6. The van der Waals surface area contributed by atoms with Crippen LogP contribution in [-0.4, -0.2) is 30.8 Å². The predicted molar refractivity (Wildman–Crippen MR) is 110 cm³/mol. The van der Waals surface area contributed by atoms with Crippen molar-refractivity contribution < 1.29 is 9.53 Å². The molecule has 134 valence electrons. The highest BCUT2D eigenvalue weighted by atomic mass is 33.1. The number of fused-ring (bicyclic) bond motifs is 1. The molecule has 0 saturated heterocycles. The molecule has 0 atom stereocenters. The molecule has 4 nitrogen and oxygen atoms in total. The van der Waals surface area contributed by atoms with Crippen LogP contribution in [0, 0.1) is 0 Å². The maximum absolute atomic E-state index is 12.6. The van der Waals surface area contributed by atoms with Gasteiger partial charge in [0.15, 0.2) is 0 Å². The standard InChI is InChI=1S/C20H20N2O2S2/c1-24-15-8-6-14(7-9-15)10-12-22-20(23)17-11-13-21-19-16(17)4-3-5-18(19)26-25-2/h3-9,11,13H,10,12H2,1-2H3,(H,22,23). The molecule has 0 aliphatic heterocycles. The molecule has 0 bridgehead atoms. The monoisotopic (exact) mass is 384 g/mol. The topological polar surface area (TPSA) is 51.2 Å². The minimum atomic E-state index is -0.0720. The zero-order valence-electron chi connectivity index (χ0n) is 14.7. The molecule has 1 amide bonds. The highest BCUT2D eigenvalue weighted by Crippen LogP contribution is 2.34. The summed E-state index contributed by atoms with van der Waals surface area (Å²) in [5, 5.41) is 3.89. The number of ether oxygens (including phenoxy) is 1. The lowest BCUT2D eigenvalue weighted by Gasteiger charge is -2.10. The average Bonchev–Trinajstić information content (AvgIpc) is 2.68. The van der Waals surface area contributed by atoms with Crippen molar-refractivity contribution in [3.8, 4) is 5.75 Å². The molecule has 2 aromatic carbocycles. The Bertz CT molecular complexity index is 898. The van der Waals surface area contributed by atoms with Gasteiger partial charge in [-0.05, 0) is 42.5 Å². The van der Waals surface area contributed by atoms with E-state index in [9.17, 15) is 4.79 Å². The highest BCUT2D eigenvalue weighted by Gasteiger charge is 2.12. The fraction of sp³-hybridized carbons (Fsp3) is 0.200. The number of nitrogens with zero attached hydrogens (tertiary/aromatic N) is 1. The van der Waals surface area contributed by atoms with Gasteiger partial charge >= 0.3 is 0 Å². The molecule has 0 aliphatic carbocycles. The third kappa shape index (κ3) is 4.31. The maximum Gasteiger partial charge on any atom is 0.252 e. The number of benzene rings is 2. The second-order valence-electron chi connectivity index (χ2n) is 5.61. The van der Waals surface area contributed by atoms with Crippen LogP contribution in [0.2, 0.25) is 0 Å². The lowest BCUT2D eigenvalue weighted by molar-refractivity contribution is 0.0955. The Kier molecular flexibility index (Phi) is 6.41. The van der Waals surface area contributed by atoms with Crippen LogP contribution in [0.15, 0.2) is 59.6 Å². The van der Waals surface area contributed by atoms with E-state index in [0.29, 0.717) is 12.1 Å². The molecule has 1 aromatic heterocycles. The fourth-order valence-corrected chi connectivity index (χ4v) is 4.21. The Morgan fingerprint density at radius 2 is 1.96 bits per heavy atom. The normalized spacial score (nSPS) is 10.7. The summed E-state index contributed by atoms with van der Waals surface area (Å²) in [4.78, 5) is 18.2. The minimum Gasteiger partial charge on any atom is -0.497 e. The largest absolute Gasteiger partial charge is 0.497 e. The van der Waals surface area contributed by atoms with Crippen LogP contribution in [0.5, 0.6) is 5.75 Å².